The van der Waals surface area contributed by atoms with E-state index in [4.69, 9.17) is 32.7 Å². The number of benzene rings is 4. The highest BCUT2D eigenvalue weighted by Gasteiger charge is 2.41. The van der Waals surface area contributed by atoms with Crippen LogP contribution < -0.4 is 16.2 Å². The number of hydrogen-bond acceptors (Lipinski definition) is 8. The molecular formula is C33H25Cl2N3O9. The van der Waals surface area contributed by atoms with Crippen LogP contribution in [0.15, 0.2) is 97.1 Å². The largest absolute Gasteiger partial charge is 0.478 e. The number of rotatable bonds is 10. The monoisotopic (exact) mass is 677 g/mol. The summed E-state index contributed by atoms with van der Waals surface area (Å²) in [6, 6.07) is 23.1. The Morgan fingerprint density at radius 3 is 1.64 bits per heavy atom. The van der Waals surface area contributed by atoms with E-state index in [0.717, 1.165) is 5.56 Å². The first-order valence-corrected chi connectivity index (χ1v) is 14.4. The van der Waals surface area contributed by atoms with Crippen LogP contribution in [0.1, 0.15) is 47.0 Å². The molecular weight excluding hydrogens is 653 g/mol. The maximum Gasteiger partial charge on any atom is 0.349 e. The van der Waals surface area contributed by atoms with E-state index in [1.807, 2.05) is 18.4 Å². The molecule has 47 heavy (non-hydrogen) atoms. The van der Waals surface area contributed by atoms with Gasteiger partial charge in [0.25, 0.3) is 17.7 Å². The van der Waals surface area contributed by atoms with E-state index in [-0.39, 0.29) is 22.6 Å². The van der Waals surface area contributed by atoms with Crippen LogP contribution in [-0.4, -0.2) is 52.9 Å². The van der Waals surface area contributed by atoms with E-state index in [1.54, 1.807) is 18.2 Å². The first-order chi connectivity index (χ1) is 22.4. The highest BCUT2D eigenvalue weighted by Crippen LogP contribution is 2.17. The normalized spacial score (nSPS) is 11.7. The molecule has 12 nitrogen and oxygen atoms in total. The van der Waals surface area contributed by atoms with Gasteiger partial charge < -0.3 is 19.9 Å². The molecule has 0 radical (unpaired) electrons. The Labute approximate surface area is 277 Å². The zero-order valence-corrected chi connectivity index (χ0v) is 25.9. The van der Waals surface area contributed by atoms with E-state index < -0.39 is 41.9 Å². The average Bonchev–Trinajstić information content (AvgIpc) is 3.05. The smallest absolute Gasteiger partial charge is 0.349 e. The summed E-state index contributed by atoms with van der Waals surface area (Å²) in [6.07, 6.45) is -4.62. The lowest BCUT2D eigenvalue weighted by atomic mass is 10.1. The molecule has 4 rings (SSSR count). The number of carboxylic acid groups (broad SMARTS) is 1. The summed E-state index contributed by atoms with van der Waals surface area (Å²) in [7, 11) is 0. The van der Waals surface area contributed by atoms with Gasteiger partial charge in [0.15, 0.2) is 0 Å². The summed E-state index contributed by atoms with van der Waals surface area (Å²) >= 11 is 11.7. The second kappa shape index (κ2) is 15.5. The van der Waals surface area contributed by atoms with E-state index >= 15 is 0 Å². The number of carboxylic acids is 1. The number of halogens is 2. The number of ether oxygens (including phenoxy) is 2. The van der Waals surface area contributed by atoms with Crippen molar-refractivity contribution < 1.29 is 43.3 Å². The van der Waals surface area contributed by atoms with E-state index in [0.29, 0.717) is 21.3 Å². The number of carbonyl (C=O) groups is 6. The Balaban J connectivity index is 1.47. The van der Waals surface area contributed by atoms with E-state index in [9.17, 15) is 33.9 Å². The van der Waals surface area contributed by atoms with E-state index in [2.05, 4.69) is 10.7 Å². The number of hydrazine groups is 1. The van der Waals surface area contributed by atoms with Crippen LogP contribution in [-0.2, 0) is 19.1 Å². The Kier molecular flexibility index (Phi) is 11.3. The van der Waals surface area contributed by atoms with Gasteiger partial charge in [0.1, 0.15) is 0 Å². The molecule has 14 heteroatoms. The topological polar surface area (TPSA) is 177 Å². The van der Waals surface area contributed by atoms with Crippen molar-refractivity contribution in [3.05, 3.63) is 135 Å². The van der Waals surface area contributed by atoms with Crippen LogP contribution in [0.5, 0.6) is 0 Å². The van der Waals surface area contributed by atoms with Crippen LogP contribution in [0.3, 0.4) is 0 Å². The number of amides is 3. The molecule has 4 aromatic carbocycles. The standard InChI is InChI=1S/C33H25Cl2N3O9/c1-18-3-2-4-22(17-18)28(39)36-25-15-9-19(10-16-25)29(40)37-38-30(41)26(46-32(44)20-5-11-23(34)12-6-20)27(31(42)43)47-33(45)21-7-13-24(35)14-8-21/h2-17,26-27H,1H3,(H,36,39)(H,37,40)(H,38,41)(H,42,43)/t26-,27+/m1/s1. The van der Waals surface area contributed by atoms with Crippen molar-refractivity contribution in [3.63, 3.8) is 0 Å². The second-order valence-electron chi connectivity index (χ2n) is 9.85. The fraction of sp³-hybridized carbons (Fsp3) is 0.0909. The Morgan fingerprint density at radius 1 is 0.617 bits per heavy atom. The minimum Gasteiger partial charge on any atom is -0.478 e. The lowest BCUT2D eigenvalue weighted by Crippen LogP contribution is -2.54. The number of esters is 2. The molecule has 4 N–H and O–H groups in total. The third kappa shape index (κ3) is 9.39. The van der Waals surface area contributed by atoms with Gasteiger partial charge in [-0.3, -0.25) is 25.2 Å². The molecule has 0 fully saturated rings. The molecule has 0 aliphatic carbocycles. The fourth-order valence-corrected chi connectivity index (χ4v) is 4.24. The van der Waals surface area contributed by atoms with Crippen molar-refractivity contribution in [2.24, 2.45) is 0 Å². The van der Waals surface area contributed by atoms with Gasteiger partial charge in [-0.25, -0.2) is 14.4 Å². The average molecular weight is 678 g/mol. The van der Waals surface area contributed by atoms with Crippen molar-refractivity contribution in [1.82, 2.24) is 10.9 Å². The highest BCUT2D eigenvalue weighted by molar-refractivity contribution is 6.31. The van der Waals surface area contributed by atoms with Crippen LogP contribution in [0.4, 0.5) is 5.69 Å². The summed E-state index contributed by atoms with van der Waals surface area (Å²) in [4.78, 5) is 76.3. The van der Waals surface area contributed by atoms with Crippen molar-refractivity contribution in [2.45, 2.75) is 19.1 Å². The molecule has 0 saturated heterocycles. The van der Waals surface area contributed by atoms with Gasteiger partial charge >= 0.3 is 17.9 Å². The fourth-order valence-electron chi connectivity index (χ4n) is 3.99. The zero-order chi connectivity index (χ0) is 34.1. The van der Waals surface area contributed by atoms with Crippen molar-refractivity contribution in [1.29, 1.82) is 0 Å². The molecule has 3 amide bonds. The minimum atomic E-state index is -2.34. The summed E-state index contributed by atoms with van der Waals surface area (Å²) in [5.41, 5.74) is 5.67. The second-order valence-corrected chi connectivity index (χ2v) is 10.7. The predicted molar refractivity (Wildman–Crippen MR) is 170 cm³/mol. The molecule has 2 atom stereocenters. The Hall–Kier alpha value is -5.72. The summed E-state index contributed by atoms with van der Waals surface area (Å²) < 4.78 is 10.3. The van der Waals surface area contributed by atoms with Crippen molar-refractivity contribution >= 4 is 64.5 Å². The minimum absolute atomic E-state index is 0.0394. The number of aryl methyl sites for hydroxylation is 1. The molecule has 0 unspecified atom stereocenters. The summed E-state index contributed by atoms with van der Waals surface area (Å²) in [6.45, 7) is 1.85. The van der Waals surface area contributed by atoms with Crippen LogP contribution >= 0.6 is 23.2 Å². The van der Waals surface area contributed by atoms with Gasteiger partial charge in [-0.2, -0.15) is 0 Å². The van der Waals surface area contributed by atoms with Crippen LogP contribution in [0, 0.1) is 6.92 Å². The first-order valence-electron chi connectivity index (χ1n) is 13.7. The molecule has 240 valence electrons. The molecule has 0 spiro atoms. The van der Waals surface area contributed by atoms with Gasteiger partial charge in [0.05, 0.1) is 11.1 Å². The summed E-state index contributed by atoms with van der Waals surface area (Å²) in [5, 5.41) is 13.2. The van der Waals surface area contributed by atoms with Crippen LogP contribution in [0.25, 0.3) is 0 Å². The first kappa shape index (κ1) is 34.2. The molecule has 0 bridgehead atoms. The van der Waals surface area contributed by atoms with Gasteiger partial charge in [-0.15, -0.1) is 0 Å². The van der Waals surface area contributed by atoms with Gasteiger partial charge in [0.2, 0.25) is 12.2 Å². The predicted octanol–water partition coefficient (Wildman–Crippen LogP) is 4.85. The Morgan fingerprint density at radius 2 is 1.13 bits per heavy atom. The lowest BCUT2D eigenvalue weighted by molar-refractivity contribution is -0.159. The SMILES string of the molecule is Cc1cccc(C(=O)Nc2ccc(C(=O)NNC(=O)[C@H](OC(=O)c3ccc(Cl)cc3)[C@H](OC(=O)c3ccc(Cl)cc3)C(=O)O)cc2)c1. The molecule has 4 aromatic rings. The number of hydrogen-bond donors (Lipinski definition) is 4. The summed E-state index contributed by atoms with van der Waals surface area (Å²) in [5.74, 6) is -6.67. The van der Waals surface area contributed by atoms with Crippen LogP contribution in [0.2, 0.25) is 10.0 Å². The number of nitrogens with one attached hydrogen (secondary N) is 3. The van der Waals surface area contributed by atoms with Gasteiger partial charge in [-0.05, 0) is 91.9 Å². The molecule has 0 aliphatic heterocycles. The van der Waals surface area contributed by atoms with Crippen molar-refractivity contribution in [3.8, 4) is 0 Å². The Bertz CT molecular complexity index is 1810. The molecule has 0 heterocycles. The third-order valence-corrected chi connectivity index (χ3v) is 6.89. The maximum atomic E-state index is 13.2. The quantitative estimate of drug-likeness (QED) is 0.135. The molecule has 0 saturated carbocycles. The number of anilines is 1. The molecule has 0 aliphatic rings. The number of carbonyl (C=O) groups excluding carboxylic acids is 5. The third-order valence-electron chi connectivity index (χ3n) is 6.39. The highest BCUT2D eigenvalue weighted by atomic mass is 35.5. The number of aliphatic carboxylic acids is 1. The van der Waals surface area contributed by atoms with Gasteiger partial charge in [0, 0.05) is 26.9 Å². The molecule has 0 aromatic heterocycles. The maximum absolute atomic E-state index is 13.2. The lowest BCUT2D eigenvalue weighted by Gasteiger charge is -2.23. The van der Waals surface area contributed by atoms with E-state index in [1.165, 1.54) is 72.8 Å². The van der Waals surface area contributed by atoms with Crippen molar-refractivity contribution in [2.75, 3.05) is 5.32 Å². The van der Waals surface area contributed by atoms with Gasteiger partial charge in [-0.1, -0.05) is 40.9 Å². The zero-order valence-electron chi connectivity index (χ0n) is 24.4.